The first-order valence-electron chi connectivity index (χ1n) is 7.30. The Morgan fingerprint density at radius 3 is 2.48 bits per heavy atom. The molecule has 3 rings (SSSR count). The first-order chi connectivity index (χ1) is 10.9. The Hall–Kier alpha value is -1.86. The van der Waals surface area contributed by atoms with Crippen LogP contribution in [0.25, 0.3) is 0 Å². The zero-order valence-corrected chi connectivity index (χ0v) is 13.1. The molecular weight excluding hydrogens is 325 g/mol. The Labute approximate surface area is 135 Å². The molecule has 1 saturated heterocycles. The number of piperazine rings is 1. The van der Waals surface area contributed by atoms with E-state index >= 15 is 0 Å². The number of nitrogens with one attached hydrogen (secondary N) is 1. The summed E-state index contributed by atoms with van der Waals surface area (Å²) in [6.45, 7) is 2.31. The molecule has 2 aromatic rings. The van der Waals surface area contributed by atoms with Gasteiger partial charge in [0.25, 0.3) is 5.91 Å². The Morgan fingerprint density at radius 1 is 1.13 bits per heavy atom. The van der Waals surface area contributed by atoms with Gasteiger partial charge in [-0.15, -0.1) is 11.3 Å². The smallest absolute Gasteiger partial charge is 0.327 e. The van der Waals surface area contributed by atoms with Crippen LogP contribution in [0.5, 0.6) is 0 Å². The second kappa shape index (κ2) is 6.33. The molecule has 1 aromatic heterocycles. The Kier molecular flexibility index (Phi) is 4.41. The Morgan fingerprint density at radius 2 is 1.87 bits per heavy atom. The van der Waals surface area contributed by atoms with E-state index in [1.807, 2.05) is 11.4 Å². The number of amides is 1. The van der Waals surface area contributed by atoms with Gasteiger partial charge in [0.1, 0.15) is 5.69 Å². The van der Waals surface area contributed by atoms with Gasteiger partial charge in [-0.2, -0.15) is 13.2 Å². The molecule has 0 radical (unpaired) electrons. The van der Waals surface area contributed by atoms with Crippen molar-refractivity contribution in [3.05, 3.63) is 52.2 Å². The Bertz CT molecular complexity index is 677. The highest BCUT2D eigenvalue weighted by molar-refractivity contribution is 7.12. The normalized spacial score (nSPS) is 16.6. The van der Waals surface area contributed by atoms with Gasteiger partial charge < -0.3 is 4.90 Å². The summed E-state index contributed by atoms with van der Waals surface area (Å²) >= 11 is 1.40. The zero-order valence-electron chi connectivity index (χ0n) is 12.3. The lowest BCUT2D eigenvalue weighted by Crippen LogP contribution is -3.10. The van der Waals surface area contributed by atoms with Crippen molar-refractivity contribution in [2.45, 2.75) is 6.18 Å². The minimum absolute atomic E-state index is 0.00286. The van der Waals surface area contributed by atoms with Crippen LogP contribution < -0.4 is 4.90 Å². The van der Waals surface area contributed by atoms with Gasteiger partial charge >= 0.3 is 6.18 Å². The number of carbonyl (C=O) groups is 1. The number of rotatable bonds is 2. The molecule has 0 unspecified atom stereocenters. The molecule has 0 bridgehead atoms. The van der Waals surface area contributed by atoms with E-state index in [9.17, 15) is 18.0 Å². The van der Waals surface area contributed by atoms with Gasteiger partial charge in [0.05, 0.1) is 36.6 Å². The van der Waals surface area contributed by atoms with Gasteiger partial charge in [-0.05, 0) is 23.6 Å². The fraction of sp³-hybridized carbons (Fsp3) is 0.312. The molecule has 23 heavy (non-hydrogen) atoms. The summed E-state index contributed by atoms with van der Waals surface area (Å²) in [6, 6.07) is 9.06. The summed E-state index contributed by atoms with van der Waals surface area (Å²) in [5.41, 5.74) is 0.00244. The predicted octanol–water partition coefficient (Wildman–Crippen LogP) is 2.44. The highest BCUT2D eigenvalue weighted by Gasteiger charge is 2.32. The summed E-state index contributed by atoms with van der Waals surface area (Å²) in [5, 5.41) is 1.86. The molecule has 3 nitrogen and oxygen atoms in total. The third kappa shape index (κ3) is 3.56. The number of benzene rings is 1. The molecule has 0 saturated carbocycles. The summed E-state index contributed by atoms with van der Waals surface area (Å²) < 4.78 is 38.4. The first kappa shape index (κ1) is 16.0. The number of alkyl halides is 3. The fourth-order valence-electron chi connectivity index (χ4n) is 2.74. The van der Waals surface area contributed by atoms with E-state index < -0.39 is 11.7 Å². The van der Waals surface area contributed by atoms with Crippen molar-refractivity contribution in [3.63, 3.8) is 0 Å². The van der Waals surface area contributed by atoms with Crippen molar-refractivity contribution >= 4 is 22.9 Å². The third-order valence-electron chi connectivity index (χ3n) is 3.98. The molecule has 1 fully saturated rings. The molecule has 1 aliphatic rings. The molecule has 1 aromatic carbocycles. The van der Waals surface area contributed by atoms with Crippen molar-refractivity contribution in [1.29, 1.82) is 0 Å². The average Bonchev–Trinajstić information content (AvgIpc) is 3.08. The summed E-state index contributed by atoms with van der Waals surface area (Å²) in [4.78, 5) is 15.7. The zero-order chi connectivity index (χ0) is 16.4. The topological polar surface area (TPSA) is 24.8 Å². The van der Waals surface area contributed by atoms with Crippen LogP contribution in [-0.2, 0) is 6.18 Å². The van der Waals surface area contributed by atoms with Crippen molar-refractivity contribution < 1.29 is 22.9 Å². The van der Waals surface area contributed by atoms with Gasteiger partial charge in [-0.1, -0.05) is 12.1 Å². The molecule has 122 valence electrons. The molecule has 1 N–H and O–H groups in total. The molecular formula is C16H16F3N2OS+. The van der Waals surface area contributed by atoms with E-state index in [1.165, 1.54) is 23.5 Å². The lowest BCUT2D eigenvalue weighted by Gasteiger charge is -2.31. The van der Waals surface area contributed by atoms with E-state index in [2.05, 4.69) is 0 Å². The lowest BCUT2D eigenvalue weighted by molar-refractivity contribution is -0.837. The van der Waals surface area contributed by atoms with Crippen LogP contribution in [0.15, 0.2) is 41.8 Å². The number of halogens is 3. The van der Waals surface area contributed by atoms with Crippen molar-refractivity contribution in [3.8, 4) is 0 Å². The number of quaternary nitrogens is 1. The number of nitrogens with zero attached hydrogens (tertiary/aromatic N) is 1. The minimum atomic E-state index is -4.33. The predicted molar refractivity (Wildman–Crippen MR) is 82.0 cm³/mol. The van der Waals surface area contributed by atoms with Crippen molar-refractivity contribution in [1.82, 2.24) is 4.90 Å². The van der Waals surface area contributed by atoms with Crippen LogP contribution in [-0.4, -0.2) is 37.0 Å². The van der Waals surface area contributed by atoms with Crippen LogP contribution in [0.2, 0.25) is 0 Å². The monoisotopic (exact) mass is 341 g/mol. The van der Waals surface area contributed by atoms with E-state index in [-0.39, 0.29) is 5.91 Å². The summed E-state index contributed by atoms with van der Waals surface area (Å²) in [7, 11) is 0. The van der Waals surface area contributed by atoms with Crippen molar-refractivity contribution in [2.75, 3.05) is 26.2 Å². The van der Waals surface area contributed by atoms with Gasteiger partial charge in [0.15, 0.2) is 0 Å². The molecule has 1 aliphatic heterocycles. The lowest BCUT2D eigenvalue weighted by atomic mass is 10.1. The van der Waals surface area contributed by atoms with E-state index in [1.54, 1.807) is 17.0 Å². The van der Waals surface area contributed by atoms with Gasteiger partial charge in [-0.3, -0.25) is 9.69 Å². The van der Waals surface area contributed by atoms with Crippen LogP contribution in [0.4, 0.5) is 18.9 Å². The van der Waals surface area contributed by atoms with Crippen LogP contribution >= 0.6 is 11.3 Å². The quantitative estimate of drug-likeness (QED) is 0.892. The summed E-state index contributed by atoms with van der Waals surface area (Å²) in [6.07, 6.45) is -4.33. The molecule has 0 atom stereocenters. The number of hydrogen-bond acceptors (Lipinski definition) is 2. The van der Waals surface area contributed by atoms with Gasteiger partial charge in [0.2, 0.25) is 0 Å². The van der Waals surface area contributed by atoms with E-state index in [0.29, 0.717) is 36.7 Å². The third-order valence-corrected chi connectivity index (χ3v) is 4.84. The molecule has 2 heterocycles. The van der Waals surface area contributed by atoms with Gasteiger partial charge in [-0.25, -0.2) is 0 Å². The number of carbonyl (C=O) groups excluding carboxylic acids is 1. The molecule has 0 spiro atoms. The second-order valence-electron chi connectivity index (χ2n) is 5.45. The SMILES string of the molecule is O=C(c1cccs1)N1CC[NH+](c2cccc(C(F)(F)F)c2)CC1. The highest BCUT2D eigenvalue weighted by Crippen LogP contribution is 2.30. The number of thiophene rings is 1. The van der Waals surface area contributed by atoms with Gasteiger partial charge in [0, 0.05) is 6.07 Å². The second-order valence-corrected chi connectivity index (χ2v) is 6.40. The van der Waals surface area contributed by atoms with E-state index in [4.69, 9.17) is 0 Å². The number of hydrogen-bond donors (Lipinski definition) is 1. The molecule has 7 heteroatoms. The average molecular weight is 341 g/mol. The maximum Gasteiger partial charge on any atom is 0.416 e. The molecule has 0 aliphatic carbocycles. The van der Waals surface area contributed by atoms with Crippen LogP contribution in [0.1, 0.15) is 15.2 Å². The minimum Gasteiger partial charge on any atom is -0.327 e. The maximum atomic E-state index is 12.8. The Balaban J connectivity index is 1.66. The summed E-state index contributed by atoms with van der Waals surface area (Å²) in [5.74, 6) is 0.00286. The molecule has 1 amide bonds. The fourth-order valence-corrected chi connectivity index (χ4v) is 3.43. The van der Waals surface area contributed by atoms with Crippen LogP contribution in [0.3, 0.4) is 0 Å². The van der Waals surface area contributed by atoms with Crippen LogP contribution in [0, 0.1) is 0 Å². The first-order valence-corrected chi connectivity index (χ1v) is 8.18. The van der Waals surface area contributed by atoms with Crippen molar-refractivity contribution in [2.24, 2.45) is 0 Å². The standard InChI is InChI=1S/C16H15F3N2OS/c17-16(18,19)12-3-1-4-13(11-12)20-6-8-21(9-7-20)15(22)14-5-2-10-23-14/h1-5,10-11H,6-9H2/p+1. The largest absolute Gasteiger partial charge is 0.416 e. The maximum absolute atomic E-state index is 12.8. The van der Waals surface area contributed by atoms with E-state index in [0.717, 1.165) is 11.0 Å². The highest BCUT2D eigenvalue weighted by atomic mass is 32.1.